The summed E-state index contributed by atoms with van der Waals surface area (Å²) >= 11 is 5.91. The number of rotatable bonds is 7. The van der Waals surface area contributed by atoms with E-state index in [4.69, 9.17) is 16.3 Å². The van der Waals surface area contributed by atoms with Gasteiger partial charge in [0.15, 0.2) is 17.4 Å². The van der Waals surface area contributed by atoms with Gasteiger partial charge in [-0.1, -0.05) is 11.6 Å². The number of hydrogen-bond donors (Lipinski definition) is 1. The quantitative estimate of drug-likeness (QED) is 0.376. The molecule has 4 aromatic heterocycles. The van der Waals surface area contributed by atoms with Crippen molar-refractivity contribution in [2.45, 2.75) is 25.2 Å². The number of nitrogens with zero attached hydrogens (tertiary/aromatic N) is 6. The Morgan fingerprint density at radius 1 is 1.26 bits per heavy atom. The number of likely N-dealkylation sites (tertiary alicyclic amines) is 1. The number of halogens is 2. The first-order valence-electron chi connectivity index (χ1n) is 12.8. The maximum absolute atomic E-state index is 15.3. The summed E-state index contributed by atoms with van der Waals surface area (Å²) in [6.45, 7) is 2.65. The second-order valence-corrected chi connectivity index (χ2v) is 10.8. The number of carbonyl (C=O) groups is 1. The van der Waals surface area contributed by atoms with E-state index in [9.17, 15) is 4.79 Å². The number of nitrogens with one attached hydrogen (secondary N) is 1. The molecule has 9 nitrogen and oxygen atoms in total. The predicted molar refractivity (Wildman–Crippen MR) is 142 cm³/mol. The highest BCUT2D eigenvalue weighted by Gasteiger charge is 2.45. The summed E-state index contributed by atoms with van der Waals surface area (Å²) in [4.78, 5) is 19.4. The first-order chi connectivity index (χ1) is 18.4. The highest BCUT2D eigenvalue weighted by molar-refractivity contribution is 6.30. The second kappa shape index (κ2) is 9.99. The summed E-state index contributed by atoms with van der Waals surface area (Å²) in [5, 5.41) is 12.1. The zero-order chi connectivity index (χ0) is 26.4. The van der Waals surface area contributed by atoms with Crippen LogP contribution in [0.1, 0.15) is 30.9 Å². The minimum atomic E-state index is -0.458. The molecule has 11 heteroatoms. The maximum atomic E-state index is 15.3. The van der Waals surface area contributed by atoms with Crippen LogP contribution in [0, 0.1) is 17.7 Å². The Bertz CT molecular complexity index is 1480. The molecule has 2 fully saturated rings. The second-order valence-electron chi connectivity index (χ2n) is 10.3. The zero-order valence-corrected chi connectivity index (χ0v) is 22.0. The van der Waals surface area contributed by atoms with Gasteiger partial charge in [-0.25, -0.2) is 8.91 Å². The van der Waals surface area contributed by atoms with Crippen LogP contribution in [-0.2, 0) is 11.8 Å². The van der Waals surface area contributed by atoms with Gasteiger partial charge in [-0.15, -0.1) is 5.10 Å². The van der Waals surface area contributed by atoms with E-state index in [1.807, 2.05) is 6.07 Å². The molecule has 38 heavy (non-hydrogen) atoms. The number of fused-ring (bicyclic) bond motifs is 1. The summed E-state index contributed by atoms with van der Waals surface area (Å²) in [5.41, 5.74) is 2.42. The van der Waals surface area contributed by atoms with Crippen molar-refractivity contribution < 1.29 is 13.9 Å². The van der Waals surface area contributed by atoms with Gasteiger partial charge in [-0.2, -0.15) is 5.10 Å². The van der Waals surface area contributed by atoms with Gasteiger partial charge < -0.3 is 15.0 Å². The Kier molecular flexibility index (Phi) is 6.53. The van der Waals surface area contributed by atoms with Gasteiger partial charge >= 0.3 is 0 Å². The molecular weight excluding hydrogens is 509 g/mol. The molecule has 0 spiro atoms. The van der Waals surface area contributed by atoms with E-state index >= 15 is 4.39 Å². The molecule has 3 atom stereocenters. The van der Waals surface area contributed by atoms with Crippen molar-refractivity contribution in [3.05, 3.63) is 59.4 Å². The monoisotopic (exact) mass is 537 g/mol. The lowest BCUT2D eigenvalue weighted by molar-refractivity contribution is -0.117. The van der Waals surface area contributed by atoms with E-state index < -0.39 is 5.82 Å². The Morgan fingerprint density at radius 2 is 2.13 bits per heavy atom. The molecule has 198 valence electrons. The van der Waals surface area contributed by atoms with Crippen LogP contribution in [0.25, 0.3) is 16.8 Å². The Balaban J connectivity index is 1.18. The molecule has 1 amide bonds. The molecule has 6 rings (SSSR count). The number of anilines is 1. The van der Waals surface area contributed by atoms with E-state index in [1.54, 1.807) is 42.3 Å². The lowest BCUT2D eigenvalue weighted by Gasteiger charge is -2.29. The molecule has 1 aliphatic heterocycles. The van der Waals surface area contributed by atoms with Crippen LogP contribution in [0.4, 0.5) is 10.2 Å². The van der Waals surface area contributed by atoms with Crippen molar-refractivity contribution in [3.63, 3.8) is 0 Å². The van der Waals surface area contributed by atoms with Crippen LogP contribution in [0.2, 0.25) is 5.02 Å². The highest BCUT2D eigenvalue weighted by Crippen LogP contribution is 2.47. The lowest BCUT2D eigenvalue weighted by Crippen LogP contribution is -2.34. The molecule has 1 saturated carbocycles. The standard InChI is InChI=1S/C27H29ClFN7O2/c1-34-7-3-4-16(13-34)15-38-24-12-31-35(2)26(24)21-8-18-9-25(33-36(18)14-22(21)29)32-27(37)20-10-19(20)23-6-5-17(28)11-30-23/h5-6,8-9,11-12,14,16,19-20H,3-4,7,10,13,15H2,1-2H3,(H,32,33,37)/t16-,19-,20+/m1/s1. The van der Waals surface area contributed by atoms with E-state index in [2.05, 4.69) is 32.4 Å². The minimum Gasteiger partial charge on any atom is -0.489 e. The largest absolute Gasteiger partial charge is 0.489 e. The average molecular weight is 538 g/mol. The number of ether oxygens (including phenoxy) is 1. The minimum absolute atomic E-state index is 0.0608. The molecule has 5 heterocycles. The fourth-order valence-corrected chi connectivity index (χ4v) is 5.45. The number of piperidine rings is 1. The smallest absolute Gasteiger partial charge is 0.229 e. The van der Waals surface area contributed by atoms with Gasteiger partial charge in [0.25, 0.3) is 0 Å². The third kappa shape index (κ3) is 4.98. The van der Waals surface area contributed by atoms with E-state index in [0.29, 0.717) is 52.3 Å². The molecular formula is C27H29ClFN7O2. The normalized spacial score (nSPS) is 21.5. The van der Waals surface area contributed by atoms with Crippen molar-refractivity contribution in [2.75, 3.05) is 32.1 Å². The lowest BCUT2D eigenvalue weighted by atomic mass is 9.99. The van der Waals surface area contributed by atoms with Crippen molar-refractivity contribution in [1.29, 1.82) is 0 Å². The fraction of sp³-hybridized carbons (Fsp3) is 0.407. The van der Waals surface area contributed by atoms with Crippen molar-refractivity contribution in [2.24, 2.45) is 18.9 Å². The molecule has 4 aromatic rings. The molecule has 2 aliphatic rings. The third-order valence-electron chi connectivity index (χ3n) is 7.42. The Morgan fingerprint density at radius 3 is 2.92 bits per heavy atom. The molecule has 0 unspecified atom stereocenters. The molecule has 1 aliphatic carbocycles. The number of carbonyl (C=O) groups excluding carboxylic acids is 1. The highest BCUT2D eigenvalue weighted by atomic mass is 35.5. The van der Waals surface area contributed by atoms with E-state index in [-0.39, 0.29) is 17.7 Å². The van der Waals surface area contributed by atoms with Gasteiger partial charge in [0, 0.05) is 54.9 Å². The number of pyridine rings is 2. The fourth-order valence-electron chi connectivity index (χ4n) is 5.34. The first-order valence-corrected chi connectivity index (χ1v) is 13.2. The first kappa shape index (κ1) is 24.8. The van der Waals surface area contributed by atoms with Crippen LogP contribution >= 0.6 is 11.6 Å². The topological polar surface area (TPSA) is 89.6 Å². The molecule has 0 aromatic carbocycles. The maximum Gasteiger partial charge on any atom is 0.229 e. The number of aromatic nitrogens is 5. The summed E-state index contributed by atoms with van der Waals surface area (Å²) in [5.74, 6) is 0.630. The van der Waals surface area contributed by atoms with Gasteiger partial charge in [-0.05, 0) is 51.1 Å². The number of amides is 1. The summed E-state index contributed by atoms with van der Waals surface area (Å²) in [6, 6.07) is 7.06. The van der Waals surface area contributed by atoms with Crippen LogP contribution in [0.15, 0.2) is 42.9 Å². The number of hydrogen-bond acceptors (Lipinski definition) is 6. The van der Waals surface area contributed by atoms with Gasteiger partial charge in [0.2, 0.25) is 5.91 Å². The van der Waals surface area contributed by atoms with Crippen molar-refractivity contribution in [3.8, 4) is 17.0 Å². The van der Waals surface area contributed by atoms with Gasteiger partial charge in [0.05, 0.1) is 29.5 Å². The zero-order valence-electron chi connectivity index (χ0n) is 21.3. The predicted octanol–water partition coefficient (Wildman–Crippen LogP) is 4.39. The van der Waals surface area contributed by atoms with Gasteiger partial charge in [-0.3, -0.25) is 14.5 Å². The molecule has 0 radical (unpaired) electrons. The Hall–Kier alpha value is -3.50. The SMILES string of the molecule is CN1CCC[C@@H](COc2cnn(C)c2-c2cc3cc(NC(=O)[C@H]4C[C@H]4c4ccc(Cl)cn4)nn3cc2F)C1. The average Bonchev–Trinajstić information content (AvgIpc) is 3.48. The van der Waals surface area contributed by atoms with Crippen molar-refractivity contribution in [1.82, 2.24) is 29.3 Å². The molecule has 1 N–H and O–H groups in total. The van der Waals surface area contributed by atoms with Crippen LogP contribution in [0.3, 0.4) is 0 Å². The summed E-state index contributed by atoms with van der Waals surface area (Å²) in [6.07, 6.45) is 7.51. The summed E-state index contributed by atoms with van der Waals surface area (Å²) < 4.78 is 24.5. The Labute approximate surface area is 224 Å². The van der Waals surface area contributed by atoms with Crippen molar-refractivity contribution >= 4 is 28.8 Å². The van der Waals surface area contributed by atoms with E-state index in [0.717, 1.165) is 31.6 Å². The summed E-state index contributed by atoms with van der Waals surface area (Å²) in [7, 11) is 3.89. The van der Waals surface area contributed by atoms with Crippen LogP contribution in [-0.4, -0.2) is 61.9 Å². The van der Waals surface area contributed by atoms with Gasteiger partial charge in [0.1, 0.15) is 5.69 Å². The third-order valence-corrected chi connectivity index (χ3v) is 7.64. The molecule has 0 bridgehead atoms. The number of aryl methyl sites for hydroxylation is 1. The van der Waals surface area contributed by atoms with E-state index in [1.165, 1.54) is 10.7 Å². The van der Waals surface area contributed by atoms with Crippen LogP contribution < -0.4 is 10.1 Å². The van der Waals surface area contributed by atoms with Crippen LogP contribution in [0.5, 0.6) is 5.75 Å². The molecule has 1 saturated heterocycles.